The molecule has 0 unspecified atom stereocenters. The van der Waals surface area contributed by atoms with E-state index in [1.165, 1.54) is 0 Å². The van der Waals surface area contributed by atoms with Crippen molar-refractivity contribution in [3.8, 4) is 17.1 Å². The second-order valence-corrected chi connectivity index (χ2v) is 6.70. The average Bonchev–Trinajstić information content (AvgIpc) is 2.67. The standard InChI is InChI=1S/C21H12ClN3O2/c22-17-6-3-7-18-15(17)11-16-19(23-21(27)24-20(16)26)25(18)14-9-8-12-4-1-2-5-13(12)10-14/h1-11H,(H,24,26,27). The number of hydrogen-bond acceptors (Lipinski definition) is 3. The van der Waals surface area contributed by atoms with Crippen molar-refractivity contribution in [3.63, 3.8) is 0 Å². The van der Waals surface area contributed by atoms with E-state index in [1.807, 2.05) is 54.6 Å². The molecule has 2 heterocycles. The number of aromatic nitrogens is 3. The molecule has 0 bridgehead atoms. The summed E-state index contributed by atoms with van der Waals surface area (Å²) in [6.07, 6.45) is 0. The maximum atomic E-state index is 12.4. The Hall–Kier alpha value is -3.44. The monoisotopic (exact) mass is 373 g/mol. The molecule has 0 saturated carbocycles. The largest absolute Gasteiger partial charge is 0.349 e. The van der Waals surface area contributed by atoms with Gasteiger partial charge in [0.05, 0.1) is 11.1 Å². The molecule has 0 amide bonds. The van der Waals surface area contributed by atoms with Crippen LogP contribution in [0.2, 0.25) is 5.02 Å². The fourth-order valence-electron chi connectivity index (χ4n) is 3.45. The highest BCUT2D eigenvalue weighted by Gasteiger charge is 2.19. The lowest BCUT2D eigenvalue weighted by atomic mass is 10.1. The predicted octanol–water partition coefficient (Wildman–Crippen LogP) is 3.99. The summed E-state index contributed by atoms with van der Waals surface area (Å²) >= 11 is 6.39. The van der Waals surface area contributed by atoms with Crippen molar-refractivity contribution in [1.29, 1.82) is 0 Å². The molecule has 27 heavy (non-hydrogen) atoms. The Morgan fingerprint density at radius 3 is 2.56 bits per heavy atom. The molecule has 2 aliphatic rings. The first-order valence-corrected chi connectivity index (χ1v) is 8.73. The van der Waals surface area contributed by atoms with Gasteiger partial charge in [-0.05, 0) is 41.1 Å². The minimum absolute atomic E-state index is 0.300. The Labute approximate surface area is 157 Å². The van der Waals surface area contributed by atoms with Gasteiger partial charge in [0, 0.05) is 16.1 Å². The number of aromatic amines is 1. The average molecular weight is 374 g/mol. The highest BCUT2D eigenvalue weighted by molar-refractivity contribution is 6.35. The summed E-state index contributed by atoms with van der Waals surface area (Å²) in [6, 6.07) is 21.1. The first-order valence-electron chi connectivity index (χ1n) is 8.35. The lowest BCUT2D eigenvalue weighted by molar-refractivity contribution is 0.960. The highest BCUT2D eigenvalue weighted by Crippen LogP contribution is 2.32. The van der Waals surface area contributed by atoms with Crippen LogP contribution in [0.1, 0.15) is 0 Å². The summed E-state index contributed by atoms with van der Waals surface area (Å²) < 4.78 is 1.81. The summed E-state index contributed by atoms with van der Waals surface area (Å²) in [5.74, 6) is 0.300. The zero-order chi connectivity index (χ0) is 18.5. The third-order valence-electron chi connectivity index (χ3n) is 4.68. The second-order valence-electron chi connectivity index (χ2n) is 6.29. The summed E-state index contributed by atoms with van der Waals surface area (Å²) in [5, 5.41) is 3.38. The van der Waals surface area contributed by atoms with Crippen molar-refractivity contribution in [2.75, 3.05) is 0 Å². The maximum Gasteiger partial charge on any atom is 0.349 e. The molecule has 3 aromatic carbocycles. The van der Waals surface area contributed by atoms with Crippen LogP contribution >= 0.6 is 11.6 Å². The summed E-state index contributed by atoms with van der Waals surface area (Å²) in [6.45, 7) is 0. The molecule has 1 N–H and O–H groups in total. The molecule has 0 aromatic heterocycles. The smallest absolute Gasteiger partial charge is 0.294 e. The predicted molar refractivity (Wildman–Crippen MR) is 107 cm³/mol. The van der Waals surface area contributed by atoms with Gasteiger partial charge in [-0.3, -0.25) is 14.3 Å². The third kappa shape index (κ3) is 2.44. The van der Waals surface area contributed by atoms with Crippen LogP contribution in [0.4, 0.5) is 0 Å². The molecule has 0 radical (unpaired) electrons. The maximum absolute atomic E-state index is 12.4. The Kier molecular flexibility index (Phi) is 3.39. The molecule has 6 heteroatoms. The Bertz CT molecular complexity index is 1440. The van der Waals surface area contributed by atoms with Crippen LogP contribution in [0.3, 0.4) is 0 Å². The van der Waals surface area contributed by atoms with Gasteiger partial charge in [0.15, 0.2) is 5.82 Å². The minimum Gasteiger partial charge on any atom is -0.294 e. The Balaban J connectivity index is 2.00. The molecule has 0 aliphatic carbocycles. The van der Waals surface area contributed by atoms with Crippen molar-refractivity contribution < 1.29 is 0 Å². The lowest BCUT2D eigenvalue weighted by Crippen LogP contribution is -2.27. The number of pyridine rings is 1. The number of nitrogens with one attached hydrogen (secondary N) is 1. The Morgan fingerprint density at radius 2 is 1.70 bits per heavy atom. The second kappa shape index (κ2) is 5.79. The summed E-state index contributed by atoms with van der Waals surface area (Å²) in [5.41, 5.74) is 0.708. The van der Waals surface area contributed by atoms with E-state index in [0.29, 0.717) is 21.8 Å². The fraction of sp³-hybridized carbons (Fsp3) is 0. The number of benzene rings is 3. The van der Waals surface area contributed by atoms with Crippen LogP contribution < -0.4 is 11.2 Å². The van der Waals surface area contributed by atoms with Crippen molar-refractivity contribution in [2.24, 2.45) is 0 Å². The van der Waals surface area contributed by atoms with Crippen LogP contribution in [-0.4, -0.2) is 14.5 Å². The number of fused-ring (bicyclic) bond motifs is 3. The Morgan fingerprint density at radius 1 is 0.889 bits per heavy atom. The zero-order valence-corrected chi connectivity index (χ0v) is 14.7. The van der Waals surface area contributed by atoms with Crippen molar-refractivity contribution in [2.45, 2.75) is 0 Å². The van der Waals surface area contributed by atoms with Gasteiger partial charge in [-0.1, -0.05) is 48.0 Å². The molecule has 130 valence electrons. The van der Waals surface area contributed by atoms with Gasteiger partial charge in [0.25, 0.3) is 5.56 Å². The van der Waals surface area contributed by atoms with Gasteiger partial charge in [-0.25, -0.2) is 4.79 Å². The van der Waals surface area contributed by atoms with Crippen LogP contribution in [0.25, 0.3) is 38.8 Å². The fourth-order valence-corrected chi connectivity index (χ4v) is 3.67. The first kappa shape index (κ1) is 15.8. The van der Waals surface area contributed by atoms with Crippen molar-refractivity contribution >= 4 is 33.3 Å². The number of halogens is 1. The van der Waals surface area contributed by atoms with Gasteiger partial charge in [-0.15, -0.1) is 0 Å². The number of rotatable bonds is 1. The SMILES string of the molecule is O=c1nc2n(-c3ccc4ccccc4c3)c3cccc(Cl)c3cc-2c(=O)[nH]1. The van der Waals surface area contributed by atoms with Gasteiger partial charge in [-0.2, -0.15) is 4.98 Å². The molecule has 5 nitrogen and oxygen atoms in total. The first-order chi connectivity index (χ1) is 13.1. The quantitative estimate of drug-likeness (QED) is 0.452. The topological polar surface area (TPSA) is 67.8 Å². The van der Waals surface area contributed by atoms with Crippen LogP contribution in [0.15, 0.2) is 76.3 Å². The molecule has 0 atom stereocenters. The number of hydrogen-bond donors (Lipinski definition) is 1. The lowest BCUT2D eigenvalue weighted by Gasteiger charge is -2.18. The van der Waals surface area contributed by atoms with Gasteiger partial charge >= 0.3 is 5.69 Å². The number of nitrogens with zero attached hydrogens (tertiary/aromatic N) is 2. The van der Waals surface area contributed by atoms with E-state index >= 15 is 0 Å². The number of H-pyrrole nitrogens is 1. The molecule has 0 fully saturated rings. The van der Waals surface area contributed by atoms with Crippen LogP contribution in [0, 0.1) is 0 Å². The molecular formula is C21H12ClN3O2. The summed E-state index contributed by atoms with van der Waals surface area (Å²) in [7, 11) is 0. The van der Waals surface area contributed by atoms with E-state index in [1.54, 1.807) is 16.7 Å². The summed E-state index contributed by atoms with van der Waals surface area (Å²) in [4.78, 5) is 30.6. The van der Waals surface area contributed by atoms with Gasteiger partial charge in [0.1, 0.15) is 0 Å². The zero-order valence-electron chi connectivity index (χ0n) is 13.9. The van der Waals surface area contributed by atoms with Crippen LogP contribution in [0.5, 0.6) is 0 Å². The molecule has 5 rings (SSSR count). The molecule has 3 aromatic rings. The molecule has 2 aliphatic heterocycles. The van der Waals surface area contributed by atoms with E-state index in [-0.39, 0.29) is 0 Å². The van der Waals surface area contributed by atoms with Crippen LogP contribution in [-0.2, 0) is 0 Å². The van der Waals surface area contributed by atoms with Gasteiger partial charge < -0.3 is 0 Å². The van der Waals surface area contributed by atoms with E-state index in [0.717, 1.165) is 22.0 Å². The highest BCUT2D eigenvalue weighted by atomic mass is 35.5. The van der Waals surface area contributed by atoms with E-state index in [2.05, 4.69) is 9.97 Å². The normalized spacial score (nSPS) is 11.4. The molecular weight excluding hydrogens is 362 g/mol. The molecule has 0 saturated heterocycles. The minimum atomic E-state index is -0.677. The molecule has 0 spiro atoms. The van der Waals surface area contributed by atoms with E-state index in [9.17, 15) is 9.59 Å². The van der Waals surface area contributed by atoms with Crippen molar-refractivity contribution in [1.82, 2.24) is 14.5 Å². The van der Waals surface area contributed by atoms with Crippen molar-refractivity contribution in [3.05, 3.63) is 92.6 Å². The van der Waals surface area contributed by atoms with E-state index < -0.39 is 11.2 Å². The van der Waals surface area contributed by atoms with Gasteiger partial charge in [0.2, 0.25) is 0 Å². The van der Waals surface area contributed by atoms with E-state index in [4.69, 9.17) is 11.6 Å². The third-order valence-corrected chi connectivity index (χ3v) is 5.01.